The molecular formula is C57H69N15Na2O13S4. The minimum absolute atomic E-state index is 0. The summed E-state index contributed by atoms with van der Waals surface area (Å²) < 4.78 is 57.0. The van der Waals surface area contributed by atoms with E-state index in [1.165, 1.54) is 52.7 Å². The van der Waals surface area contributed by atoms with Gasteiger partial charge in [0.05, 0.1) is 37.7 Å². The number of nitrogens with one attached hydrogen (secondary N) is 6. The smallest absolute Gasteiger partial charge is 0.644 e. The number of phenolic OH excluding ortho intramolecular Hbond substituents is 1. The predicted molar refractivity (Wildman–Crippen MR) is 341 cm³/mol. The van der Waals surface area contributed by atoms with Crippen molar-refractivity contribution in [3.63, 3.8) is 0 Å². The van der Waals surface area contributed by atoms with Gasteiger partial charge in [0, 0.05) is 29.7 Å². The number of unbranched alkanes of at least 4 members (excludes halogenated alkanes) is 1. The second kappa shape index (κ2) is 45.8. The predicted octanol–water partition coefficient (Wildman–Crippen LogP) is 2.14. The number of phenols is 1. The third-order valence-electron chi connectivity index (χ3n) is 10.3. The van der Waals surface area contributed by atoms with Crippen molar-refractivity contribution in [2.75, 3.05) is 54.5 Å². The number of fused-ring (bicyclic) bond motifs is 2. The number of hydrogen-bond donors (Lipinski definition) is 10. The minimum Gasteiger partial charge on any atom is -0.644 e. The Morgan fingerprint density at radius 2 is 1.23 bits per heavy atom. The van der Waals surface area contributed by atoms with Gasteiger partial charge >= 0.3 is 65.1 Å². The van der Waals surface area contributed by atoms with E-state index < -0.39 is 19.6 Å². The van der Waals surface area contributed by atoms with Gasteiger partial charge in [-0.15, -0.1) is 0 Å². The monoisotopic (exact) mass is 1350 g/mol. The number of aryl methyl sites for hydroxylation is 4. The van der Waals surface area contributed by atoms with Crippen molar-refractivity contribution in [2.24, 2.45) is 0 Å². The third-order valence-corrected chi connectivity index (χ3v) is 13.3. The number of aliphatic hydroxyl groups excluding tert-OH is 1. The third kappa shape index (κ3) is 32.9. The van der Waals surface area contributed by atoms with Crippen LogP contribution in [0.3, 0.4) is 0 Å². The quantitative estimate of drug-likeness (QED) is 0.0175. The van der Waals surface area contributed by atoms with Crippen LogP contribution in [0.1, 0.15) is 66.9 Å². The zero-order valence-electron chi connectivity index (χ0n) is 51.4. The van der Waals surface area contributed by atoms with Crippen molar-refractivity contribution in [2.45, 2.75) is 71.1 Å². The van der Waals surface area contributed by atoms with Crippen LogP contribution in [0.2, 0.25) is 0 Å². The van der Waals surface area contributed by atoms with Gasteiger partial charge in [0.2, 0.25) is 17.8 Å². The molecule has 0 unspecified atom stereocenters. The van der Waals surface area contributed by atoms with Crippen LogP contribution >= 0.6 is 11.5 Å². The Morgan fingerprint density at radius 1 is 0.692 bits per heavy atom. The summed E-state index contributed by atoms with van der Waals surface area (Å²) in [6.07, 6.45) is 3.32. The number of ether oxygens (including phenoxy) is 2. The molecule has 0 spiro atoms. The van der Waals surface area contributed by atoms with Crippen molar-refractivity contribution in [3.05, 3.63) is 195 Å². The second-order valence-corrected chi connectivity index (χ2v) is 21.9. The number of esters is 1. The molecule has 0 atom stereocenters. The van der Waals surface area contributed by atoms with Crippen LogP contribution in [0.4, 0.5) is 23.8 Å². The molecule has 0 aliphatic carbocycles. The number of nitrogens with zero attached hydrogens (tertiary/aromatic N) is 9. The number of carbonyl (C=O) groups excluding carboxylic acids is 1. The topological polar surface area (TPSA) is 406 Å². The Hall–Kier alpha value is -7.44. The van der Waals surface area contributed by atoms with Crippen LogP contribution < -0.4 is 96.6 Å². The Labute approximate surface area is 580 Å². The molecule has 0 radical (unpaired) electrons. The van der Waals surface area contributed by atoms with E-state index in [9.17, 15) is 31.2 Å². The number of anilines is 4. The van der Waals surface area contributed by atoms with Crippen molar-refractivity contribution in [3.8, 4) is 11.5 Å². The molecule has 0 bridgehead atoms. The molecule has 10 N–H and O–H groups in total. The summed E-state index contributed by atoms with van der Waals surface area (Å²) in [5.74, 6) is 3.36. The summed E-state index contributed by atoms with van der Waals surface area (Å²) in [6.45, 7) is 15.3. The second-order valence-electron chi connectivity index (χ2n) is 17.4. The first-order chi connectivity index (χ1) is 42.6. The number of hydrogen-bond acceptors (Lipinski definition) is 28. The Bertz CT molecular complexity index is 3940. The molecule has 0 amide bonds. The van der Waals surface area contributed by atoms with E-state index in [4.69, 9.17) is 30.1 Å². The molecule has 5 aromatic heterocycles. The van der Waals surface area contributed by atoms with Crippen LogP contribution in [-0.2, 0) is 44.4 Å². The number of benzene rings is 5. The fourth-order valence-electron chi connectivity index (χ4n) is 6.31. The molecule has 5 aromatic carbocycles. The first-order valence-corrected chi connectivity index (χ1v) is 31.1. The summed E-state index contributed by atoms with van der Waals surface area (Å²) in [5.41, 5.74) is 5.83. The van der Waals surface area contributed by atoms with Crippen LogP contribution in [-0.4, -0.2) is 122 Å². The zero-order chi connectivity index (χ0) is 65.6. The normalized spacial score (nSPS) is 9.85. The molecule has 34 heteroatoms. The van der Waals surface area contributed by atoms with Crippen LogP contribution in [0.15, 0.2) is 165 Å². The van der Waals surface area contributed by atoms with Crippen LogP contribution in [0.25, 0.3) is 15.9 Å². The minimum atomic E-state index is -3.42. The average Bonchev–Trinajstić information content (AvgIpc) is 1.99. The largest absolute Gasteiger partial charge is 1.00 e. The summed E-state index contributed by atoms with van der Waals surface area (Å²) in [6, 6.07) is 39.1. The van der Waals surface area contributed by atoms with E-state index >= 15 is 0 Å². The zero-order valence-corrected chi connectivity index (χ0v) is 58.7. The molecule has 91 heavy (non-hydrogen) atoms. The standard InChI is InChI=1S/C11H14O3.C8H10O2.C7H14N6O.C7H5NOS.C7H7O2S.C6H6N4O.C6H6O2S2.C5H8N4O.2Na/c1-2-3-8-14-11(13)9-4-6-10(12)7-5-9;9-6-7-10-8-4-2-1-3-5-8;1-3-8-5-10-6(9-4-2)12-7(11-5)13-14;9-7-5-3-1-2-4-6(5)10-8-7;1-6-2-4-7(5-3-6)10(8)9;1-4-2-5(11)10-6(9-4)7-3-8-10;7-10(8,9)6-4-2-1-3-5-6;1-3-6-4(2)8-5(7-3)9-10;;/h4-7,12H,2-3,8H2,1H3;1-5,9H,6-7H2;14H,3-4H2,1-2H3,(H3,8,9,10,11,12,13);1-4H,(H,8,9);2-5H,1H3;2-3H,1H3,(H,7,8,9);1-5H,(H,7,8,9);10H,1-2H3,(H,6,7,8,9);;/q;;;;-1;;;;2*+1/p-1. The molecule has 476 valence electrons. The van der Waals surface area contributed by atoms with Gasteiger partial charge in [-0.25, -0.2) is 39.1 Å². The molecule has 0 saturated carbocycles. The number of carbonyl (C=O) groups is 1. The maximum atomic E-state index is 11.3. The number of aliphatic hydroxyl groups is 1. The number of H-pyrrole nitrogens is 2. The first kappa shape index (κ1) is 81.6. The van der Waals surface area contributed by atoms with Crippen molar-refractivity contribution < 1.29 is 111 Å². The van der Waals surface area contributed by atoms with E-state index in [-0.39, 0.29) is 105 Å². The summed E-state index contributed by atoms with van der Waals surface area (Å²) in [5, 5.41) is 43.7. The Kier molecular flexibility index (Phi) is 41.0. The SMILES string of the molecule is CCCCOC(=O)c1ccc(O)cc1.CCNc1nc(NO)nc(NCC)n1.Cc1cc(=O)n2[nH]cnc2n1.Cc1ccc([S-](=O)=O)cc1.Cc1nc(C)nc(NO)n1.O=S(=O)([S-])c1ccccc1.O=c1[nH]sc2ccccc12.OCCOc1ccccc1.[Na+].[Na+]. The van der Waals surface area contributed by atoms with E-state index in [1.54, 1.807) is 75.4 Å². The Morgan fingerprint density at radius 3 is 1.74 bits per heavy atom. The van der Waals surface area contributed by atoms with Crippen LogP contribution in [0.5, 0.6) is 11.5 Å². The van der Waals surface area contributed by atoms with Gasteiger partial charge < -0.3 is 50.4 Å². The van der Waals surface area contributed by atoms with Crippen molar-refractivity contribution in [1.82, 2.24) is 53.9 Å². The molecule has 10 aromatic rings. The van der Waals surface area contributed by atoms with E-state index in [2.05, 4.69) is 71.6 Å². The molecule has 5 heterocycles. The molecule has 0 aliphatic heterocycles. The van der Waals surface area contributed by atoms with Gasteiger partial charge in [0.15, 0.2) is 0 Å². The maximum absolute atomic E-state index is 11.3. The summed E-state index contributed by atoms with van der Waals surface area (Å²) >= 11 is 5.60. The molecule has 0 aliphatic rings. The van der Waals surface area contributed by atoms with Crippen molar-refractivity contribution >= 4 is 88.4 Å². The number of aromatic nitrogens is 11. The van der Waals surface area contributed by atoms with Gasteiger partial charge in [-0.2, -0.15) is 29.4 Å². The van der Waals surface area contributed by atoms with Gasteiger partial charge in [-0.3, -0.25) is 29.5 Å². The van der Waals surface area contributed by atoms with Crippen LogP contribution in [0, 0.1) is 27.7 Å². The Balaban J connectivity index is 0.000000520. The molecular weight excluding hydrogens is 1280 g/mol. The number of para-hydroxylation sites is 1. The average molecular weight is 1350 g/mol. The van der Waals surface area contributed by atoms with Gasteiger partial charge in [-0.05, 0) is 119 Å². The van der Waals surface area contributed by atoms with E-state index in [1.807, 2.05) is 93.3 Å². The first-order valence-electron chi connectivity index (χ1n) is 26.8. The van der Waals surface area contributed by atoms with Gasteiger partial charge in [-0.1, -0.05) is 108 Å². The van der Waals surface area contributed by atoms with Gasteiger partial charge in [0.25, 0.3) is 22.8 Å². The molecule has 0 saturated heterocycles. The summed E-state index contributed by atoms with van der Waals surface area (Å²) in [4.78, 5) is 65.0. The van der Waals surface area contributed by atoms with E-state index in [0.717, 1.165) is 34.2 Å². The molecule has 10 rings (SSSR count). The number of aromatic amines is 2. The number of aromatic hydroxyl groups is 1. The summed E-state index contributed by atoms with van der Waals surface area (Å²) in [7, 11) is -5.51. The fraction of sp³-hybridized carbons (Fsp3) is 0.246. The van der Waals surface area contributed by atoms with Crippen molar-refractivity contribution in [1.29, 1.82) is 0 Å². The molecule has 28 nitrogen and oxygen atoms in total. The maximum Gasteiger partial charge on any atom is 1.00 e. The van der Waals surface area contributed by atoms with E-state index in [0.29, 0.717) is 71.8 Å². The fourth-order valence-corrected chi connectivity index (χ4v) is 8.22. The molecule has 0 fully saturated rings. The number of rotatable bonds is 15. The van der Waals surface area contributed by atoms with Gasteiger partial charge in [0.1, 0.15) is 36.1 Å².